The molecule has 1 aliphatic rings. The Morgan fingerprint density at radius 1 is 1.14 bits per heavy atom. The molecular formula is C21H18ClNO4S. The van der Waals surface area contributed by atoms with Crippen LogP contribution in [0.2, 0.25) is 5.15 Å². The Morgan fingerprint density at radius 3 is 2.79 bits per heavy atom. The Kier molecular flexibility index (Phi) is 5.59. The third-order valence-corrected chi connectivity index (χ3v) is 5.45. The molecule has 0 saturated heterocycles. The molecule has 7 heteroatoms. The molecule has 0 fully saturated rings. The molecule has 0 aliphatic carbocycles. The first kappa shape index (κ1) is 18.9. The van der Waals surface area contributed by atoms with Gasteiger partial charge in [0.25, 0.3) is 0 Å². The van der Waals surface area contributed by atoms with Crippen LogP contribution in [0.25, 0.3) is 10.9 Å². The van der Waals surface area contributed by atoms with Gasteiger partial charge >= 0.3 is 5.97 Å². The molecule has 0 saturated carbocycles. The number of nitrogens with zero attached hydrogens (tertiary/aromatic N) is 1. The largest absolute Gasteiger partial charge is 0.486 e. The molecule has 2 heterocycles. The van der Waals surface area contributed by atoms with Crippen molar-refractivity contribution in [1.82, 2.24) is 4.98 Å². The summed E-state index contributed by atoms with van der Waals surface area (Å²) in [4.78, 5) is 17.8. The average molecular weight is 416 g/mol. The fourth-order valence-electron chi connectivity index (χ4n) is 2.97. The van der Waals surface area contributed by atoms with E-state index in [2.05, 4.69) is 4.98 Å². The molecule has 2 aromatic carbocycles. The van der Waals surface area contributed by atoms with E-state index >= 15 is 0 Å². The first-order chi connectivity index (χ1) is 13.6. The van der Waals surface area contributed by atoms with E-state index in [1.807, 2.05) is 48.7 Å². The van der Waals surface area contributed by atoms with Crippen LogP contribution in [0.1, 0.15) is 11.1 Å². The van der Waals surface area contributed by atoms with Crippen molar-refractivity contribution < 1.29 is 19.0 Å². The van der Waals surface area contributed by atoms with Crippen molar-refractivity contribution in [2.75, 3.05) is 19.5 Å². The summed E-state index contributed by atoms with van der Waals surface area (Å²) in [6.07, 6.45) is 2.16. The third kappa shape index (κ3) is 4.18. The predicted octanol–water partition coefficient (Wildman–Crippen LogP) is 4.67. The zero-order chi connectivity index (χ0) is 19.5. The number of hydrogen-bond acceptors (Lipinski definition) is 6. The van der Waals surface area contributed by atoms with E-state index in [0.717, 1.165) is 21.4 Å². The van der Waals surface area contributed by atoms with Gasteiger partial charge in [-0.1, -0.05) is 23.7 Å². The Hall–Kier alpha value is -2.44. The highest BCUT2D eigenvalue weighted by atomic mass is 35.5. The summed E-state index contributed by atoms with van der Waals surface area (Å²) < 4.78 is 16.4. The maximum absolute atomic E-state index is 12.3. The lowest BCUT2D eigenvalue weighted by Crippen LogP contribution is -2.16. The van der Waals surface area contributed by atoms with Crippen molar-refractivity contribution in [2.24, 2.45) is 0 Å². The summed E-state index contributed by atoms with van der Waals surface area (Å²) in [7, 11) is 0. The maximum atomic E-state index is 12.3. The van der Waals surface area contributed by atoms with E-state index in [1.54, 1.807) is 11.8 Å². The molecule has 0 amide bonds. The number of thioether (sulfide) groups is 1. The number of carbonyl (C=O) groups is 1. The zero-order valence-electron chi connectivity index (χ0n) is 15.2. The van der Waals surface area contributed by atoms with Gasteiger partial charge in [0.2, 0.25) is 0 Å². The van der Waals surface area contributed by atoms with E-state index in [1.165, 1.54) is 0 Å². The minimum absolute atomic E-state index is 0.0788. The van der Waals surface area contributed by atoms with Crippen LogP contribution in [-0.2, 0) is 22.6 Å². The van der Waals surface area contributed by atoms with E-state index in [9.17, 15) is 4.79 Å². The second kappa shape index (κ2) is 8.29. The Bertz CT molecular complexity index is 1040. The fourth-order valence-corrected chi connectivity index (χ4v) is 3.60. The molecule has 144 valence electrons. The third-order valence-electron chi connectivity index (χ3n) is 4.39. The molecule has 0 radical (unpaired) electrons. The molecule has 1 aromatic heterocycles. The van der Waals surface area contributed by atoms with Crippen molar-refractivity contribution in [1.29, 1.82) is 0 Å². The highest BCUT2D eigenvalue weighted by Crippen LogP contribution is 2.31. The Morgan fingerprint density at radius 2 is 1.96 bits per heavy atom. The minimum Gasteiger partial charge on any atom is -0.486 e. The van der Waals surface area contributed by atoms with Gasteiger partial charge < -0.3 is 14.2 Å². The van der Waals surface area contributed by atoms with Gasteiger partial charge in [-0.15, -0.1) is 11.8 Å². The summed E-state index contributed by atoms with van der Waals surface area (Å²) in [6, 6.07) is 13.4. The van der Waals surface area contributed by atoms with Crippen molar-refractivity contribution in [2.45, 2.75) is 17.9 Å². The number of fused-ring (bicyclic) bond motifs is 2. The van der Waals surface area contributed by atoms with Crippen LogP contribution in [0.5, 0.6) is 11.5 Å². The van der Waals surface area contributed by atoms with Gasteiger partial charge in [0.1, 0.15) is 25.0 Å². The second-order valence-corrected chi connectivity index (χ2v) is 7.55. The van der Waals surface area contributed by atoms with E-state index in [4.69, 9.17) is 25.8 Å². The summed E-state index contributed by atoms with van der Waals surface area (Å²) in [5.41, 5.74) is 2.31. The molecule has 0 atom stereocenters. The highest BCUT2D eigenvalue weighted by Gasteiger charge is 2.14. The molecule has 1 aliphatic heterocycles. The minimum atomic E-state index is -0.342. The van der Waals surface area contributed by atoms with Gasteiger partial charge in [0.05, 0.1) is 11.9 Å². The first-order valence-electron chi connectivity index (χ1n) is 8.80. The van der Waals surface area contributed by atoms with Gasteiger partial charge in [0.15, 0.2) is 11.5 Å². The molecule has 28 heavy (non-hydrogen) atoms. The van der Waals surface area contributed by atoms with Crippen LogP contribution in [0.15, 0.2) is 47.4 Å². The van der Waals surface area contributed by atoms with Crippen LogP contribution in [0.4, 0.5) is 0 Å². The smallest absolute Gasteiger partial charge is 0.310 e. The number of hydrogen-bond donors (Lipinski definition) is 0. The predicted molar refractivity (Wildman–Crippen MR) is 109 cm³/mol. The molecule has 0 spiro atoms. The number of carbonyl (C=O) groups excluding carboxylic acids is 1. The van der Waals surface area contributed by atoms with Crippen LogP contribution in [0, 0.1) is 0 Å². The van der Waals surface area contributed by atoms with Crippen molar-refractivity contribution in [3.8, 4) is 11.5 Å². The summed E-state index contributed by atoms with van der Waals surface area (Å²) in [5, 5.41) is 1.30. The number of halogens is 1. The molecule has 3 aromatic rings. The quantitative estimate of drug-likeness (QED) is 0.343. The summed E-state index contributed by atoms with van der Waals surface area (Å²) >= 11 is 7.93. The lowest BCUT2D eigenvalue weighted by molar-refractivity contribution is -0.144. The van der Waals surface area contributed by atoms with Crippen LogP contribution in [0.3, 0.4) is 0 Å². The number of rotatable bonds is 5. The van der Waals surface area contributed by atoms with Crippen molar-refractivity contribution >= 4 is 40.2 Å². The number of ether oxygens (including phenoxy) is 3. The van der Waals surface area contributed by atoms with Crippen molar-refractivity contribution in [3.63, 3.8) is 0 Å². The van der Waals surface area contributed by atoms with Gasteiger partial charge in [-0.2, -0.15) is 0 Å². The highest BCUT2D eigenvalue weighted by molar-refractivity contribution is 7.98. The number of pyridine rings is 1. The van der Waals surface area contributed by atoms with Crippen LogP contribution < -0.4 is 9.47 Å². The lowest BCUT2D eigenvalue weighted by Gasteiger charge is -2.18. The van der Waals surface area contributed by atoms with Gasteiger partial charge in [0, 0.05) is 15.8 Å². The molecule has 0 unspecified atom stereocenters. The van der Waals surface area contributed by atoms with E-state index < -0.39 is 0 Å². The molecule has 5 nitrogen and oxygen atoms in total. The zero-order valence-corrected chi connectivity index (χ0v) is 16.8. The second-order valence-electron chi connectivity index (χ2n) is 6.31. The topological polar surface area (TPSA) is 57.7 Å². The first-order valence-corrected chi connectivity index (χ1v) is 10.4. The van der Waals surface area contributed by atoms with Crippen molar-refractivity contribution in [3.05, 3.63) is 58.7 Å². The van der Waals surface area contributed by atoms with Crippen LogP contribution >= 0.6 is 23.4 Å². The lowest BCUT2D eigenvalue weighted by atomic mass is 10.1. The van der Waals surface area contributed by atoms with Gasteiger partial charge in [-0.05, 0) is 42.2 Å². The SMILES string of the molecule is CSc1ccc2cc(COC(=O)Cc3ccc4c(c3)OCCO4)c(Cl)nc2c1. The summed E-state index contributed by atoms with van der Waals surface area (Å²) in [5.74, 6) is 1.01. The van der Waals surface area contributed by atoms with Crippen LogP contribution in [-0.4, -0.2) is 30.4 Å². The van der Waals surface area contributed by atoms with E-state index in [0.29, 0.717) is 35.4 Å². The average Bonchev–Trinajstić information content (AvgIpc) is 2.71. The monoisotopic (exact) mass is 415 g/mol. The molecule has 0 N–H and O–H groups in total. The molecule has 0 bridgehead atoms. The fraction of sp³-hybridized carbons (Fsp3) is 0.238. The van der Waals surface area contributed by atoms with E-state index in [-0.39, 0.29) is 19.0 Å². The van der Waals surface area contributed by atoms with Gasteiger partial charge in [-0.25, -0.2) is 4.98 Å². The molecule has 4 rings (SSSR count). The number of benzene rings is 2. The summed E-state index contributed by atoms with van der Waals surface area (Å²) in [6.45, 7) is 1.12. The standard InChI is InChI=1S/C21H18ClNO4S/c1-28-16-4-3-14-10-15(21(22)23-17(14)11-16)12-27-20(24)9-13-2-5-18-19(8-13)26-7-6-25-18/h2-5,8,10-11H,6-7,9,12H2,1H3. The maximum Gasteiger partial charge on any atom is 0.310 e. The normalized spacial score (nSPS) is 12.8. The number of aromatic nitrogens is 1. The number of esters is 1. The van der Waals surface area contributed by atoms with Gasteiger partial charge in [-0.3, -0.25) is 4.79 Å². The Balaban J connectivity index is 1.42. The molecular weight excluding hydrogens is 398 g/mol. The Labute approximate surface area is 172 Å².